The van der Waals surface area contributed by atoms with E-state index < -0.39 is 27.9 Å². The standard InChI is InChI=1S/C16H13F3N4O3S/c17-16(18,19)26-13-6-4-12(5-7-13)11-27(24,25)22-14-3-1-8-20-15(14)23-10-2-9-21-23/h1-10,22H,11H2. The molecular weight excluding hydrogens is 385 g/mol. The van der Waals surface area contributed by atoms with Crippen LogP contribution in [0.2, 0.25) is 0 Å². The maximum absolute atomic E-state index is 12.4. The van der Waals surface area contributed by atoms with Crippen LogP contribution in [0.3, 0.4) is 0 Å². The summed E-state index contributed by atoms with van der Waals surface area (Å²) in [5, 5.41) is 4.01. The van der Waals surface area contributed by atoms with Crippen LogP contribution in [0.25, 0.3) is 5.82 Å². The molecule has 0 bridgehead atoms. The Labute approximate surface area is 152 Å². The van der Waals surface area contributed by atoms with Gasteiger partial charge < -0.3 is 4.74 Å². The molecule has 0 spiro atoms. The number of aromatic nitrogens is 3. The van der Waals surface area contributed by atoms with Crippen LogP contribution in [0.5, 0.6) is 5.75 Å². The molecule has 27 heavy (non-hydrogen) atoms. The second-order valence-corrected chi connectivity index (χ2v) is 7.10. The Hall–Kier alpha value is -3.08. The van der Waals surface area contributed by atoms with Crippen molar-refractivity contribution >= 4 is 15.7 Å². The minimum absolute atomic E-state index is 0.221. The Balaban J connectivity index is 1.75. The minimum Gasteiger partial charge on any atom is -0.406 e. The van der Waals surface area contributed by atoms with Crippen molar-refractivity contribution in [3.63, 3.8) is 0 Å². The van der Waals surface area contributed by atoms with Gasteiger partial charge in [0.25, 0.3) is 0 Å². The smallest absolute Gasteiger partial charge is 0.406 e. The summed E-state index contributed by atoms with van der Waals surface area (Å²) in [6.07, 6.45) is -0.177. The van der Waals surface area contributed by atoms with E-state index in [0.29, 0.717) is 11.4 Å². The number of nitrogens with one attached hydrogen (secondary N) is 1. The Bertz CT molecular complexity index is 1000. The predicted molar refractivity (Wildman–Crippen MR) is 90.7 cm³/mol. The molecule has 142 valence electrons. The third-order valence-electron chi connectivity index (χ3n) is 3.29. The van der Waals surface area contributed by atoms with Crippen LogP contribution in [0.1, 0.15) is 5.56 Å². The van der Waals surface area contributed by atoms with Gasteiger partial charge in [-0.2, -0.15) is 5.10 Å². The van der Waals surface area contributed by atoms with E-state index >= 15 is 0 Å². The highest BCUT2D eigenvalue weighted by Crippen LogP contribution is 2.24. The molecule has 0 aliphatic rings. The van der Waals surface area contributed by atoms with E-state index in [9.17, 15) is 21.6 Å². The normalized spacial score (nSPS) is 12.0. The highest BCUT2D eigenvalue weighted by atomic mass is 32.2. The lowest BCUT2D eigenvalue weighted by Crippen LogP contribution is -2.18. The van der Waals surface area contributed by atoms with Gasteiger partial charge in [-0.3, -0.25) is 4.72 Å². The number of nitrogens with zero attached hydrogens (tertiary/aromatic N) is 3. The molecule has 1 N–H and O–H groups in total. The van der Waals surface area contributed by atoms with Crippen molar-refractivity contribution in [1.29, 1.82) is 0 Å². The van der Waals surface area contributed by atoms with Gasteiger partial charge in [-0.15, -0.1) is 13.2 Å². The number of hydrogen-bond acceptors (Lipinski definition) is 5. The number of halogens is 3. The van der Waals surface area contributed by atoms with Crippen LogP contribution in [0.15, 0.2) is 61.1 Å². The fourth-order valence-corrected chi connectivity index (χ4v) is 3.46. The molecule has 0 atom stereocenters. The van der Waals surface area contributed by atoms with Crippen molar-refractivity contribution < 1.29 is 26.3 Å². The van der Waals surface area contributed by atoms with Crippen molar-refractivity contribution in [2.75, 3.05) is 4.72 Å². The second-order valence-electron chi connectivity index (χ2n) is 5.38. The SMILES string of the molecule is O=S(=O)(Cc1ccc(OC(F)(F)F)cc1)Nc1cccnc1-n1cccn1. The van der Waals surface area contributed by atoms with E-state index in [-0.39, 0.29) is 5.69 Å². The van der Waals surface area contributed by atoms with E-state index in [1.54, 1.807) is 18.3 Å². The number of pyridine rings is 1. The third kappa shape index (κ3) is 5.20. The van der Waals surface area contributed by atoms with E-state index in [1.807, 2.05) is 0 Å². The summed E-state index contributed by atoms with van der Waals surface area (Å²) in [5.74, 6) is -0.572. The van der Waals surface area contributed by atoms with Gasteiger partial charge >= 0.3 is 6.36 Å². The molecule has 0 fully saturated rings. The maximum Gasteiger partial charge on any atom is 0.573 e. The monoisotopic (exact) mass is 398 g/mol. The average molecular weight is 398 g/mol. The average Bonchev–Trinajstić information content (AvgIpc) is 3.09. The second kappa shape index (κ2) is 7.27. The highest BCUT2D eigenvalue weighted by molar-refractivity contribution is 7.91. The van der Waals surface area contributed by atoms with Crippen LogP contribution in [0.4, 0.5) is 18.9 Å². The zero-order valence-corrected chi connectivity index (χ0v) is 14.4. The predicted octanol–water partition coefficient (Wildman–Crippen LogP) is 3.11. The first-order valence-corrected chi connectivity index (χ1v) is 9.17. The van der Waals surface area contributed by atoms with Crippen LogP contribution in [-0.2, 0) is 15.8 Å². The summed E-state index contributed by atoms with van der Waals surface area (Å²) in [5.41, 5.74) is 0.514. The summed E-state index contributed by atoms with van der Waals surface area (Å²) in [4.78, 5) is 4.11. The molecule has 3 rings (SSSR count). The summed E-state index contributed by atoms with van der Waals surface area (Å²) in [7, 11) is -3.84. The molecule has 0 saturated carbocycles. The summed E-state index contributed by atoms with van der Waals surface area (Å²) in [6, 6.07) is 9.36. The van der Waals surface area contributed by atoms with E-state index in [4.69, 9.17) is 0 Å². The van der Waals surface area contributed by atoms with Crippen molar-refractivity contribution in [1.82, 2.24) is 14.8 Å². The molecule has 0 saturated heterocycles. The minimum atomic E-state index is -4.81. The van der Waals surface area contributed by atoms with E-state index in [2.05, 4.69) is 19.5 Å². The molecule has 2 aromatic heterocycles. The van der Waals surface area contributed by atoms with Gasteiger partial charge in [-0.25, -0.2) is 18.1 Å². The number of ether oxygens (including phenoxy) is 1. The molecule has 7 nitrogen and oxygen atoms in total. The summed E-state index contributed by atoms with van der Waals surface area (Å²) >= 11 is 0. The first kappa shape index (κ1) is 18.7. The Morgan fingerprint density at radius 1 is 1.07 bits per heavy atom. The van der Waals surface area contributed by atoms with Crippen LogP contribution in [-0.4, -0.2) is 29.5 Å². The van der Waals surface area contributed by atoms with Crippen LogP contribution >= 0.6 is 0 Å². The van der Waals surface area contributed by atoms with Crippen LogP contribution < -0.4 is 9.46 Å². The Morgan fingerprint density at radius 2 is 1.81 bits per heavy atom. The van der Waals surface area contributed by atoms with Crippen molar-refractivity contribution in [3.8, 4) is 11.6 Å². The van der Waals surface area contributed by atoms with Crippen molar-refractivity contribution in [3.05, 3.63) is 66.6 Å². The quantitative estimate of drug-likeness (QED) is 0.690. The first-order chi connectivity index (χ1) is 12.7. The molecule has 11 heteroatoms. The number of sulfonamides is 1. The molecule has 0 radical (unpaired) electrons. The van der Waals surface area contributed by atoms with E-state index in [1.165, 1.54) is 35.3 Å². The molecule has 1 aromatic carbocycles. The first-order valence-electron chi connectivity index (χ1n) is 7.52. The van der Waals surface area contributed by atoms with Crippen molar-refractivity contribution in [2.45, 2.75) is 12.1 Å². The summed E-state index contributed by atoms with van der Waals surface area (Å²) < 4.78 is 68.9. The number of hydrogen-bond donors (Lipinski definition) is 1. The zero-order chi connectivity index (χ0) is 19.5. The lowest BCUT2D eigenvalue weighted by atomic mass is 10.2. The molecule has 3 aromatic rings. The summed E-state index contributed by atoms with van der Waals surface area (Å²) in [6.45, 7) is 0. The number of alkyl halides is 3. The van der Waals surface area contributed by atoms with Gasteiger partial charge in [0.1, 0.15) is 5.75 Å². The van der Waals surface area contributed by atoms with Crippen LogP contribution in [0, 0.1) is 0 Å². The van der Waals surface area contributed by atoms with Gasteiger partial charge in [0.05, 0.1) is 11.4 Å². The number of rotatable bonds is 6. The Morgan fingerprint density at radius 3 is 2.44 bits per heavy atom. The zero-order valence-electron chi connectivity index (χ0n) is 13.6. The molecular formula is C16H13F3N4O3S. The van der Waals surface area contributed by atoms with Gasteiger partial charge in [-0.1, -0.05) is 12.1 Å². The van der Waals surface area contributed by atoms with Gasteiger partial charge in [0.15, 0.2) is 5.82 Å². The van der Waals surface area contributed by atoms with Gasteiger partial charge in [0, 0.05) is 18.6 Å². The molecule has 0 amide bonds. The molecule has 0 unspecified atom stereocenters. The lowest BCUT2D eigenvalue weighted by Gasteiger charge is -2.12. The van der Waals surface area contributed by atoms with Gasteiger partial charge in [0.2, 0.25) is 10.0 Å². The van der Waals surface area contributed by atoms with E-state index in [0.717, 1.165) is 12.1 Å². The molecule has 2 heterocycles. The largest absolute Gasteiger partial charge is 0.573 e. The fourth-order valence-electron chi connectivity index (χ4n) is 2.26. The van der Waals surface area contributed by atoms with Crippen molar-refractivity contribution in [2.24, 2.45) is 0 Å². The molecule has 0 aliphatic heterocycles. The highest BCUT2D eigenvalue weighted by Gasteiger charge is 2.31. The number of benzene rings is 1. The third-order valence-corrected chi connectivity index (χ3v) is 4.53. The Kier molecular flexibility index (Phi) is 5.04. The number of anilines is 1. The topological polar surface area (TPSA) is 86.1 Å². The van der Waals surface area contributed by atoms with Gasteiger partial charge in [-0.05, 0) is 35.9 Å². The fraction of sp³-hybridized carbons (Fsp3) is 0.125. The lowest BCUT2D eigenvalue weighted by molar-refractivity contribution is -0.274. The molecule has 0 aliphatic carbocycles. The maximum atomic E-state index is 12.4.